The fraction of sp³-hybridized carbons (Fsp3) is 0.571. The van der Waals surface area contributed by atoms with Crippen molar-refractivity contribution in [3.63, 3.8) is 0 Å². The largest absolute Gasteiger partial charge is 0.497 e. The summed E-state index contributed by atoms with van der Waals surface area (Å²) in [6, 6.07) is 5.80. The molecule has 2 atom stereocenters. The predicted octanol–water partition coefficient (Wildman–Crippen LogP) is 1.93. The van der Waals surface area contributed by atoms with Gasteiger partial charge in [0.1, 0.15) is 17.1 Å². The van der Waals surface area contributed by atoms with Gasteiger partial charge in [-0.2, -0.15) is 0 Å². The maximum Gasteiger partial charge on any atom is 0.125 e. The number of hydrogen-bond donors (Lipinski definition) is 1. The van der Waals surface area contributed by atoms with Gasteiger partial charge in [-0.15, -0.1) is 0 Å². The van der Waals surface area contributed by atoms with Crippen molar-refractivity contribution in [1.82, 2.24) is 5.32 Å². The molecule has 4 heteroatoms. The summed E-state index contributed by atoms with van der Waals surface area (Å²) in [7, 11) is 3.34. The van der Waals surface area contributed by atoms with E-state index in [-0.39, 0.29) is 6.10 Å². The van der Waals surface area contributed by atoms with Gasteiger partial charge < -0.3 is 19.5 Å². The molecule has 0 radical (unpaired) electrons. The van der Waals surface area contributed by atoms with Crippen LogP contribution in [-0.4, -0.2) is 33.4 Å². The molecule has 1 aromatic rings. The van der Waals surface area contributed by atoms with E-state index < -0.39 is 5.60 Å². The third kappa shape index (κ3) is 2.44. The van der Waals surface area contributed by atoms with E-state index in [9.17, 15) is 0 Å². The van der Waals surface area contributed by atoms with Gasteiger partial charge in [-0.3, -0.25) is 0 Å². The van der Waals surface area contributed by atoms with Crippen LogP contribution in [0.1, 0.15) is 19.4 Å². The highest BCUT2D eigenvalue weighted by Crippen LogP contribution is 2.37. The lowest BCUT2D eigenvalue weighted by atomic mass is 9.92. The standard InChI is InChI=1S/C14H21NO3/c1-10-8-15-9-14(2,18-10)12-7-11(16-3)5-6-13(12)17-4/h5-7,10,15H,8-9H2,1-4H3. The molecular weight excluding hydrogens is 230 g/mol. The van der Waals surface area contributed by atoms with E-state index in [2.05, 4.69) is 19.2 Å². The van der Waals surface area contributed by atoms with Crippen LogP contribution in [0, 0.1) is 0 Å². The van der Waals surface area contributed by atoms with Crippen molar-refractivity contribution in [3.8, 4) is 11.5 Å². The third-order valence-corrected chi connectivity index (χ3v) is 3.33. The molecule has 0 spiro atoms. The Balaban J connectivity index is 2.40. The fourth-order valence-electron chi connectivity index (χ4n) is 2.43. The van der Waals surface area contributed by atoms with Crippen molar-refractivity contribution in [3.05, 3.63) is 23.8 Å². The Morgan fingerprint density at radius 1 is 1.33 bits per heavy atom. The molecule has 1 heterocycles. The number of ether oxygens (including phenoxy) is 3. The number of hydrogen-bond acceptors (Lipinski definition) is 4. The summed E-state index contributed by atoms with van der Waals surface area (Å²) < 4.78 is 16.8. The minimum atomic E-state index is -0.391. The van der Waals surface area contributed by atoms with Crippen LogP contribution in [0.3, 0.4) is 0 Å². The second-order valence-electron chi connectivity index (χ2n) is 4.86. The molecule has 0 aromatic heterocycles. The third-order valence-electron chi connectivity index (χ3n) is 3.33. The molecule has 0 aliphatic carbocycles. The first-order chi connectivity index (χ1) is 8.59. The molecule has 1 N–H and O–H groups in total. The normalized spacial score (nSPS) is 27.9. The first-order valence-electron chi connectivity index (χ1n) is 6.20. The second-order valence-corrected chi connectivity index (χ2v) is 4.86. The zero-order valence-corrected chi connectivity index (χ0v) is 11.4. The van der Waals surface area contributed by atoms with Gasteiger partial charge in [0.2, 0.25) is 0 Å². The monoisotopic (exact) mass is 251 g/mol. The van der Waals surface area contributed by atoms with E-state index in [1.54, 1.807) is 14.2 Å². The molecule has 0 bridgehead atoms. The van der Waals surface area contributed by atoms with Gasteiger partial charge in [0.25, 0.3) is 0 Å². The average molecular weight is 251 g/mol. The van der Waals surface area contributed by atoms with Crippen LogP contribution in [0.2, 0.25) is 0 Å². The van der Waals surface area contributed by atoms with Crippen LogP contribution in [0.4, 0.5) is 0 Å². The summed E-state index contributed by atoms with van der Waals surface area (Å²) >= 11 is 0. The quantitative estimate of drug-likeness (QED) is 0.891. The average Bonchev–Trinajstić information content (AvgIpc) is 2.37. The van der Waals surface area contributed by atoms with Gasteiger partial charge in [-0.05, 0) is 32.0 Å². The zero-order valence-electron chi connectivity index (χ0n) is 11.4. The summed E-state index contributed by atoms with van der Waals surface area (Å²) in [5, 5.41) is 3.39. The second kappa shape index (κ2) is 5.16. The predicted molar refractivity (Wildman–Crippen MR) is 70.3 cm³/mol. The van der Waals surface area contributed by atoms with E-state index in [0.29, 0.717) is 0 Å². The van der Waals surface area contributed by atoms with Crippen LogP contribution in [0.25, 0.3) is 0 Å². The summed E-state index contributed by atoms with van der Waals surface area (Å²) in [6.07, 6.45) is 0.180. The molecule has 2 rings (SSSR count). The molecule has 1 aliphatic rings. The fourth-order valence-corrected chi connectivity index (χ4v) is 2.43. The van der Waals surface area contributed by atoms with Crippen LogP contribution in [0.5, 0.6) is 11.5 Å². The Labute approximate surface area is 108 Å². The molecule has 1 saturated heterocycles. The smallest absolute Gasteiger partial charge is 0.125 e. The molecular formula is C14H21NO3. The highest BCUT2D eigenvalue weighted by atomic mass is 16.5. The van der Waals surface area contributed by atoms with Gasteiger partial charge in [-0.1, -0.05) is 0 Å². The minimum absolute atomic E-state index is 0.180. The Bertz CT molecular complexity index is 422. The molecule has 1 fully saturated rings. The Kier molecular flexibility index (Phi) is 3.78. The first-order valence-corrected chi connectivity index (χ1v) is 6.20. The number of nitrogens with one attached hydrogen (secondary N) is 1. The maximum absolute atomic E-state index is 6.10. The van der Waals surface area contributed by atoms with E-state index in [0.717, 1.165) is 30.2 Å². The lowest BCUT2D eigenvalue weighted by molar-refractivity contribution is -0.103. The van der Waals surface area contributed by atoms with Crippen LogP contribution < -0.4 is 14.8 Å². The van der Waals surface area contributed by atoms with Crippen molar-refractivity contribution in [2.24, 2.45) is 0 Å². The summed E-state index contributed by atoms with van der Waals surface area (Å²) in [5.74, 6) is 1.64. The van der Waals surface area contributed by atoms with Crippen molar-refractivity contribution < 1.29 is 14.2 Å². The van der Waals surface area contributed by atoms with Crippen molar-refractivity contribution in [2.45, 2.75) is 25.6 Å². The Morgan fingerprint density at radius 3 is 2.72 bits per heavy atom. The van der Waals surface area contributed by atoms with Crippen LogP contribution in [0.15, 0.2) is 18.2 Å². The topological polar surface area (TPSA) is 39.7 Å². The van der Waals surface area contributed by atoms with Crippen LogP contribution >= 0.6 is 0 Å². The van der Waals surface area contributed by atoms with E-state index in [4.69, 9.17) is 14.2 Å². The molecule has 0 amide bonds. The number of morpholine rings is 1. The SMILES string of the molecule is COc1ccc(OC)c(C2(C)CNCC(C)O2)c1. The van der Waals surface area contributed by atoms with E-state index in [1.807, 2.05) is 18.2 Å². The molecule has 100 valence electrons. The lowest BCUT2D eigenvalue weighted by Crippen LogP contribution is -2.49. The van der Waals surface area contributed by atoms with Crippen molar-refractivity contribution in [2.75, 3.05) is 27.3 Å². The number of benzene rings is 1. The zero-order chi connectivity index (χ0) is 13.2. The van der Waals surface area contributed by atoms with E-state index in [1.165, 1.54) is 0 Å². The maximum atomic E-state index is 6.10. The van der Waals surface area contributed by atoms with Crippen LogP contribution in [-0.2, 0) is 10.3 Å². The van der Waals surface area contributed by atoms with Gasteiger partial charge in [0.05, 0.1) is 20.3 Å². The Morgan fingerprint density at radius 2 is 2.11 bits per heavy atom. The molecule has 0 saturated carbocycles. The number of rotatable bonds is 3. The lowest BCUT2D eigenvalue weighted by Gasteiger charge is -2.39. The highest BCUT2D eigenvalue weighted by Gasteiger charge is 2.35. The molecule has 18 heavy (non-hydrogen) atoms. The molecule has 1 aliphatic heterocycles. The first kappa shape index (κ1) is 13.2. The Hall–Kier alpha value is -1.26. The van der Waals surface area contributed by atoms with Gasteiger partial charge in [0, 0.05) is 18.7 Å². The molecule has 2 unspecified atom stereocenters. The summed E-state index contributed by atoms with van der Waals surface area (Å²) in [5.41, 5.74) is 0.626. The van der Waals surface area contributed by atoms with Gasteiger partial charge in [0.15, 0.2) is 0 Å². The highest BCUT2D eigenvalue weighted by molar-refractivity contribution is 5.44. The van der Waals surface area contributed by atoms with Crippen molar-refractivity contribution >= 4 is 0 Å². The minimum Gasteiger partial charge on any atom is -0.497 e. The van der Waals surface area contributed by atoms with Crippen molar-refractivity contribution in [1.29, 1.82) is 0 Å². The van der Waals surface area contributed by atoms with Gasteiger partial charge >= 0.3 is 0 Å². The summed E-state index contributed by atoms with van der Waals surface area (Å²) in [6.45, 7) is 5.78. The molecule has 1 aromatic carbocycles. The molecule has 4 nitrogen and oxygen atoms in total. The van der Waals surface area contributed by atoms with Gasteiger partial charge in [-0.25, -0.2) is 0 Å². The van der Waals surface area contributed by atoms with E-state index >= 15 is 0 Å². The summed E-state index contributed by atoms with van der Waals surface area (Å²) in [4.78, 5) is 0. The number of methoxy groups -OCH3 is 2.